The number of hydrogen-bond acceptors (Lipinski definition) is 4. The van der Waals surface area contributed by atoms with E-state index >= 15 is 0 Å². The van der Waals surface area contributed by atoms with Gasteiger partial charge in [-0.1, -0.05) is 0 Å². The number of aromatic nitrogens is 2. The van der Waals surface area contributed by atoms with Gasteiger partial charge in [-0.05, 0) is 18.9 Å². The van der Waals surface area contributed by atoms with Crippen LogP contribution >= 0.6 is 0 Å². The maximum Gasteiger partial charge on any atom is 0.267 e. The highest BCUT2D eigenvalue weighted by atomic mass is 16.3. The summed E-state index contributed by atoms with van der Waals surface area (Å²) in [7, 11) is 0. The molecule has 6 nitrogen and oxygen atoms in total. The summed E-state index contributed by atoms with van der Waals surface area (Å²) in [4.78, 5) is 22.7. The van der Waals surface area contributed by atoms with E-state index in [0.29, 0.717) is 12.8 Å². The summed E-state index contributed by atoms with van der Waals surface area (Å²) in [6.45, 7) is 1.78. The zero-order chi connectivity index (χ0) is 11.7. The summed E-state index contributed by atoms with van der Waals surface area (Å²) in [5.74, 6) is -0.205. The van der Waals surface area contributed by atoms with Gasteiger partial charge in [0.25, 0.3) is 5.56 Å². The molecular weight excluding hydrogens is 210 g/mol. The zero-order valence-corrected chi connectivity index (χ0v) is 8.88. The van der Waals surface area contributed by atoms with Crippen LogP contribution in [0.15, 0.2) is 17.1 Å². The van der Waals surface area contributed by atoms with E-state index in [1.807, 2.05) is 0 Å². The summed E-state index contributed by atoms with van der Waals surface area (Å²) < 4.78 is 1.22. The second-order valence-electron chi connectivity index (χ2n) is 3.93. The van der Waals surface area contributed by atoms with Crippen molar-refractivity contribution in [1.29, 1.82) is 0 Å². The lowest BCUT2D eigenvalue weighted by Gasteiger charge is -2.28. The van der Waals surface area contributed by atoms with Gasteiger partial charge in [-0.3, -0.25) is 9.59 Å². The maximum absolute atomic E-state index is 11.6. The van der Waals surface area contributed by atoms with Crippen molar-refractivity contribution in [2.45, 2.75) is 32.0 Å². The Balaban J connectivity index is 2.30. The van der Waals surface area contributed by atoms with Gasteiger partial charge in [0.1, 0.15) is 12.3 Å². The molecule has 1 aromatic heterocycles. The van der Waals surface area contributed by atoms with Gasteiger partial charge in [0, 0.05) is 12.5 Å². The molecule has 2 atom stereocenters. The van der Waals surface area contributed by atoms with Crippen LogP contribution in [-0.2, 0) is 4.79 Å². The van der Waals surface area contributed by atoms with E-state index in [0.717, 1.165) is 5.56 Å². The molecule has 1 aliphatic rings. The first-order valence-corrected chi connectivity index (χ1v) is 5.11. The number of piperidine rings is 1. The summed E-state index contributed by atoms with van der Waals surface area (Å²) in [6, 6.07) is 0.974. The van der Waals surface area contributed by atoms with Crippen molar-refractivity contribution in [3.8, 4) is 0 Å². The van der Waals surface area contributed by atoms with E-state index in [4.69, 9.17) is 0 Å². The lowest BCUT2D eigenvalue weighted by atomic mass is 10.1. The molecule has 6 heteroatoms. The van der Waals surface area contributed by atoms with Crippen LogP contribution in [0.1, 0.15) is 24.4 Å². The van der Waals surface area contributed by atoms with Crippen LogP contribution in [0.25, 0.3) is 0 Å². The molecule has 1 saturated heterocycles. The molecule has 1 aliphatic heterocycles. The standard InChI is InChI=1S/C10H13N3O3/c1-6-4-9(15)13(11-5-6)7-2-3-8(14)12-10(7)16/h4-5,7,10,16H,2-3H2,1H3,(H,12,14). The third-order valence-electron chi connectivity index (χ3n) is 2.62. The molecule has 0 saturated carbocycles. The number of carbonyl (C=O) groups excluding carboxylic acids is 1. The molecule has 86 valence electrons. The lowest BCUT2D eigenvalue weighted by molar-refractivity contribution is -0.128. The molecule has 2 heterocycles. The van der Waals surface area contributed by atoms with E-state index in [2.05, 4.69) is 10.4 Å². The topological polar surface area (TPSA) is 84.2 Å². The number of aliphatic hydroxyl groups excluding tert-OH is 1. The van der Waals surface area contributed by atoms with Gasteiger partial charge in [-0.2, -0.15) is 5.10 Å². The Morgan fingerprint density at radius 2 is 2.31 bits per heavy atom. The van der Waals surface area contributed by atoms with E-state index in [9.17, 15) is 14.7 Å². The van der Waals surface area contributed by atoms with Gasteiger partial charge < -0.3 is 10.4 Å². The molecule has 0 aliphatic carbocycles. The van der Waals surface area contributed by atoms with Gasteiger partial charge >= 0.3 is 0 Å². The van der Waals surface area contributed by atoms with Crippen molar-refractivity contribution in [2.24, 2.45) is 0 Å². The van der Waals surface area contributed by atoms with Crippen LogP contribution in [-0.4, -0.2) is 27.0 Å². The second kappa shape index (κ2) is 4.05. The normalized spacial score (nSPS) is 25.2. The van der Waals surface area contributed by atoms with Gasteiger partial charge in [0.2, 0.25) is 5.91 Å². The molecule has 0 bridgehead atoms. The number of hydrogen-bond donors (Lipinski definition) is 2. The fourth-order valence-corrected chi connectivity index (χ4v) is 1.78. The Labute approximate surface area is 91.9 Å². The van der Waals surface area contributed by atoms with E-state index in [-0.39, 0.29) is 11.5 Å². The van der Waals surface area contributed by atoms with E-state index < -0.39 is 12.3 Å². The molecule has 0 radical (unpaired) electrons. The van der Waals surface area contributed by atoms with Crippen molar-refractivity contribution in [3.63, 3.8) is 0 Å². The van der Waals surface area contributed by atoms with Crippen molar-refractivity contribution >= 4 is 5.91 Å². The monoisotopic (exact) mass is 223 g/mol. The molecular formula is C10H13N3O3. The number of nitrogens with one attached hydrogen (secondary N) is 1. The fraction of sp³-hybridized carbons (Fsp3) is 0.500. The molecule has 1 aromatic rings. The van der Waals surface area contributed by atoms with E-state index in [1.54, 1.807) is 13.1 Å². The minimum atomic E-state index is -1.05. The van der Waals surface area contributed by atoms with Crippen molar-refractivity contribution < 1.29 is 9.90 Å². The first kappa shape index (κ1) is 10.8. The second-order valence-corrected chi connectivity index (χ2v) is 3.93. The molecule has 1 amide bonds. The molecule has 0 spiro atoms. The Hall–Kier alpha value is -1.69. The third kappa shape index (κ3) is 1.96. The largest absolute Gasteiger partial charge is 0.371 e. The zero-order valence-electron chi connectivity index (χ0n) is 8.88. The van der Waals surface area contributed by atoms with Gasteiger partial charge in [0.05, 0.1) is 6.20 Å². The summed E-state index contributed by atoms with van der Waals surface area (Å²) >= 11 is 0. The summed E-state index contributed by atoms with van der Waals surface area (Å²) in [6.07, 6.45) is 1.23. The van der Waals surface area contributed by atoms with Gasteiger partial charge in [-0.25, -0.2) is 4.68 Å². The summed E-state index contributed by atoms with van der Waals surface area (Å²) in [5, 5.41) is 16.0. The molecule has 16 heavy (non-hydrogen) atoms. The highest BCUT2D eigenvalue weighted by Crippen LogP contribution is 2.18. The van der Waals surface area contributed by atoms with E-state index in [1.165, 1.54) is 10.7 Å². The number of amides is 1. The predicted octanol–water partition coefficient (Wildman–Crippen LogP) is -0.679. The first-order chi connectivity index (χ1) is 7.58. The SMILES string of the molecule is Cc1cnn(C2CCC(=O)NC2O)c(=O)c1. The van der Waals surface area contributed by atoms with Crippen LogP contribution in [0.5, 0.6) is 0 Å². The Kier molecular flexibility index (Phi) is 2.74. The van der Waals surface area contributed by atoms with Crippen LogP contribution in [0, 0.1) is 6.92 Å². The quantitative estimate of drug-likeness (QED) is 0.660. The minimum Gasteiger partial charge on any atom is -0.371 e. The average Bonchev–Trinajstić information content (AvgIpc) is 2.19. The fourth-order valence-electron chi connectivity index (χ4n) is 1.78. The highest BCUT2D eigenvalue weighted by molar-refractivity contribution is 5.76. The Morgan fingerprint density at radius 1 is 1.56 bits per heavy atom. The minimum absolute atomic E-state index is 0.205. The number of rotatable bonds is 1. The molecule has 0 aromatic carbocycles. The number of carbonyl (C=O) groups is 1. The van der Waals surface area contributed by atoms with Crippen molar-refractivity contribution in [2.75, 3.05) is 0 Å². The summed E-state index contributed by atoms with van der Waals surface area (Å²) in [5.41, 5.74) is 0.510. The predicted molar refractivity (Wildman–Crippen MR) is 55.7 cm³/mol. The number of aliphatic hydroxyl groups is 1. The maximum atomic E-state index is 11.6. The Morgan fingerprint density at radius 3 is 2.94 bits per heavy atom. The highest BCUT2D eigenvalue weighted by Gasteiger charge is 2.29. The molecule has 2 rings (SSSR count). The third-order valence-corrected chi connectivity index (χ3v) is 2.62. The van der Waals surface area contributed by atoms with Gasteiger partial charge in [-0.15, -0.1) is 0 Å². The Bertz CT molecular complexity index is 469. The molecule has 2 unspecified atom stereocenters. The lowest BCUT2D eigenvalue weighted by Crippen LogP contribution is -2.48. The first-order valence-electron chi connectivity index (χ1n) is 5.11. The smallest absolute Gasteiger partial charge is 0.267 e. The van der Waals surface area contributed by atoms with Crippen molar-refractivity contribution in [3.05, 3.63) is 28.2 Å². The van der Waals surface area contributed by atoms with Gasteiger partial charge in [0.15, 0.2) is 0 Å². The average molecular weight is 223 g/mol. The number of aryl methyl sites for hydroxylation is 1. The van der Waals surface area contributed by atoms with Crippen LogP contribution < -0.4 is 10.9 Å². The number of nitrogens with zero attached hydrogens (tertiary/aromatic N) is 2. The van der Waals surface area contributed by atoms with Crippen LogP contribution in [0.4, 0.5) is 0 Å². The van der Waals surface area contributed by atoms with Crippen molar-refractivity contribution in [1.82, 2.24) is 15.1 Å². The molecule has 1 fully saturated rings. The molecule has 2 N–H and O–H groups in total. The van der Waals surface area contributed by atoms with Crippen LogP contribution in [0.3, 0.4) is 0 Å². The van der Waals surface area contributed by atoms with Crippen LogP contribution in [0.2, 0.25) is 0 Å².